The summed E-state index contributed by atoms with van der Waals surface area (Å²) in [5.41, 5.74) is 1.36. The number of halogens is 1. The minimum Gasteiger partial charge on any atom is -0.368 e. The van der Waals surface area contributed by atoms with Gasteiger partial charge in [0.2, 0.25) is 0 Å². The molecule has 0 aliphatic carbocycles. The highest BCUT2D eigenvalue weighted by Crippen LogP contribution is 2.30. The van der Waals surface area contributed by atoms with Crippen molar-refractivity contribution in [3.63, 3.8) is 0 Å². The molecule has 1 aromatic heterocycles. The van der Waals surface area contributed by atoms with Crippen LogP contribution < -0.4 is 4.90 Å². The first-order valence-electron chi connectivity index (χ1n) is 4.82. The zero-order valence-corrected chi connectivity index (χ0v) is 10.8. The third-order valence-electron chi connectivity index (χ3n) is 2.89. The predicted molar refractivity (Wildman–Crippen MR) is 64.7 cm³/mol. The van der Waals surface area contributed by atoms with E-state index < -0.39 is 0 Å². The minimum atomic E-state index is 0.171. The molecule has 2 nitrogen and oxygen atoms in total. The predicted octanol–water partition coefficient (Wildman–Crippen LogP) is 3.47. The van der Waals surface area contributed by atoms with Gasteiger partial charge in [-0.3, -0.25) is 4.98 Å². The zero-order valence-electron chi connectivity index (χ0n) is 9.21. The number of rotatable bonds is 3. The largest absolute Gasteiger partial charge is 0.368 e. The monoisotopic (exact) mass is 256 g/mol. The van der Waals surface area contributed by atoms with Gasteiger partial charge in [-0.2, -0.15) is 0 Å². The maximum atomic E-state index is 4.06. The van der Waals surface area contributed by atoms with Gasteiger partial charge >= 0.3 is 0 Å². The Morgan fingerprint density at radius 1 is 1.50 bits per heavy atom. The smallest absolute Gasteiger partial charge is 0.0592 e. The van der Waals surface area contributed by atoms with Gasteiger partial charge in [-0.05, 0) is 42.3 Å². The second-order valence-corrected chi connectivity index (χ2v) is 4.91. The van der Waals surface area contributed by atoms with E-state index in [4.69, 9.17) is 0 Å². The van der Waals surface area contributed by atoms with Gasteiger partial charge in [-0.15, -0.1) is 0 Å². The van der Waals surface area contributed by atoms with Crippen LogP contribution in [-0.2, 0) is 0 Å². The summed E-state index contributed by atoms with van der Waals surface area (Å²) in [7, 11) is 2.11. The summed E-state index contributed by atoms with van der Waals surface area (Å²) < 4.78 is 1.05. The molecule has 1 rings (SSSR count). The molecular weight excluding hydrogens is 240 g/mol. The summed E-state index contributed by atoms with van der Waals surface area (Å²) >= 11 is 3.51. The van der Waals surface area contributed by atoms with Crippen LogP contribution in [0.4, 0.5) is 5.69 Å². The Kier molecular flexibility index (Phi) is 3.53. The molecule has 0 unspecified atom stereocenters. The van der Waals surface area contributed by atoms with E-state index in [2.05, 4.69) is 53.6 Å². The third kappa shape index (κ3) is 2.27. The molecule has 14 heavy (non-hydrogen) atoms. The van der Waals surface area contributed by atoms with E-state index in [0.717, 1.165) is 10.9 Å². The molecule has 1 aromatic rings. The van der Waals surface area contributed by atoms with Crippen molar-refractivity contribution in [3.05, 3.63) is 22.9 Å². The molecule has 0 amide bonds. The molecule has 0 atom stereocenters. The van der Waals surface area contributed by atoms with E-state index in [1.807, 2.05) is 18.5 Å². The summed E-state index contributed by atoms with van der Waals surface area (Å²) in [5, 5.41) is 0. The number of anilines is 1. The zero-order chi connectivity index (χ0) is 10.8. The van der Waals surface area contributed by atoms with Gasteiger partial charge < -0.3 is 4.90 Å². The van der Waals surface area contributed by atoms with E-state index in [9.17, 15) is 0 Å². The highest BCUT2D eigenvalue weighted by atomic mass is 79.9. The first kappa shape index (κ1) is 11.5. The van der Waals surface area contributed by atoms with Crippen LogP contribution >= 0.6 is 15.9 Å². The Hall–Kier alpha value is -0.570. The lowest BCUT2D eigenvalue weighted by Gasteiger charge is -2.37. The molecular formula is C11H17BrN2. The van der Waals surface area contributed by atoms with Gasteiger partial charge in [-0.25, -0.2) is 0 Å². The second-order valence-electron chi connectivity index (χ2n) is 4.05. The van der Waals surface area contributed by atoms with Crippen LogP contribution in [0.15, 0.2) is 22.9 Å². The molecule has 0 N–H and O–H groups in total. The van der Waals surface area contributed by atoms with Crippen molar-refractivity contribution < 1.29 is 0 Å². The average molecular weight is 257 g/mol. The van der Waals surface area contributed by atoms with Crippen molar-refractivity contribution >= 4 is 21.6 Å². The summed E-state index contributed by atoms with van der Waals surface area (Å²) in [6.07, 6.45) is 4.76. The summed E-state index contributed by atoms with van der Waals surface area (Å²) in [6, 6.07) is 2.03. The van der Waals surface area contributed by atoms with Crippen molar-refractivity contribution in [3.8, 4) is 0 Å². The molecule has 1 heterocycles. The van der Waals surface area contributed by atoms with Crippen molar-refractivity contribution in [2.45, 2.75) is 32.7 Å². The molecule has 0 spiro atoms. The molecule has 0 saturated carbocycles. The van der Waals surface area contributed by atoms with Crippen LogP contribution in [0, 0.1) is 0 Å². The highest BCUT2D eigenvalue weighted by Gasteiger charge is 2.22. The topological polar surface area (TPSA) is 16.1 Å². The van der Waals surface area contributed by atoms with Crippen LogP contribution in [-0.4, -0.2) is 17.6 Å². The number of nitrogens with zero attached hydrogens (tertiary/aromatic N) is 2. The Bertz CT molecular complexity index is 310. The SMILES string of the molecule is CCC(C)(C)N(C)c1ccncc1Br. The van der Waals surface area contributed by atoms with E-state index >= 15 is 0 Å². The maximum absolute atomic E-state index is 4.06. The van der Waals surface area contributed by atoms with E-state index in [1.54, 1.807) is 0 Å². The quantitative estimate of drug-likeness (QED) is 0.824. The van der Waals surface area contributed by atoms with Gasteiger partial charge in [0.15, 0.2) is 0 Å². The molecule has 0 aliphatic heterocycles. The highest BCUT2D eigenvalue weighted by molar-refractivity contribution is 9.10. The van der Waals surface area contributed by atoms with Crippen molar-refractivity contribution in [1.29, 1.82) is 0 Å². The molecule has 0 radical (unpaired) electrons. The van der Waals surface area contributed by atoms with Gasteiger partial charge in [0.25, 0.3) is 0 Å². The lowest BCUT2D eigenvalue weighted by Crippen LogP contribution is -2.40. The van der Waals surface area contributed by atoms with Gasteiger partial charge in [-0.1, -0.05) is 6.92 Å². The standard InChI is InChI=1S/C11H17BrN2/c1-5-11(2,3)14(4)10-6-7-13-8-9(10)12/h6-8H,5H2,1-4H3. The normalized spacial score (nSPS) is 11.5. The Balaban J connectivity index is 3.00. The number of hydrogen-bond acceptors (Lipinski definition) is 2. The number of pyridine rings is 1. The van der Waals surface area contributed by atoms with Gasteiger partial charge in [0.1, 0.15) is 0 Å². The summed E-state index contributed by atoms with van der Waals surface area (Å²) in [5.74, 6) is 0. The van der Waals surface area contributed by atoms with Crippen molar-refractivity contribution in [2.24, 2.45) is 0 Å². The molecule has 3 heteroatoms. The fraction of sp³-hybridized carbons (Fsp3) is 0.545. The van der Waals surface area contributed by atoms with Crippen LogP contribution in [0.2, 0.25) is 0 Å². The Labute approximate surface area is 94.5 Å². The summed E-state index contributed by atoms with van der Waals surface area (Å²) in [4.78, 5) is 6.34. The lowest BCUT2D eigenvalue weighted by atomic mass is 9.99. The second kappa shape index (κ2) is 4.30. The first-order valence-corrected chi connectivity index (χ1v) is 5.61. The lowest BCUT2D eigenvalue weighted by molar-refractivity contribution is 0.470. The van der Waals surface area contributed by atoms with Crippen molar-refractivity contribution in [2.75, 3.05) is 11.9 Å². The van der Waals surface area contributed by atoms with Gasteiger partial charge in [0.05, 0.1) is 10.2 Å². The Morgan fingerprint density at radius 3 is 2.64 bits per heavy atom. The Morgan fingerprint density at radius 2 is 2.14 bits per heavy atom. The van der Waals surface area contributed by atoms with Crippen LogP contribution in [0.5, 0.6) is 0 Å². The summed E-state index contributed by atoms with van der Waals surface area (Å²) in [6.45, 7) is 6.67. The van der Waals surface area contributed by atoms with Crippen LogP contribution in [0.3, 0.4) is 0 Å². The molecule has 0 bridgehead atoms. The van der Waals surface area contributed by atoms with Crippen LogP contribution in [0.1, 0.15) is 27.2 Å². The molecule has 0 aromatic carbocycles. The molecule has 0 fully saturated rings. The molecule has 0 saturated heterocycles. The maximum Gasteiger partial charge on any atom is 0.0592 e. The average Bonchev–Trinajstić information content (AvgIpc) is 2.17. The number of hydrogen-bond donors (Lipinski definition) is 0. The van der Waals surface area contributed by atoms with E-state index in [0.29, 0.717) is 0 Å². The fourth-order valence-electron chi connectivity index (χ4n) is 1.20. The third-order valence-corrected chi connectivity index (χ3v) is 3.50. The van der Waals surface area contributed by atoms with E-state index in [-0.39, 0.29) is 5.54 Å². The minimum absolute atomic E-state index is 0.171. The van der Waals surface area contributed by atoms with Crippen molar-refractivity contribution in [1.82, 2.24) is 4.98 Å². The van der Waals surface area contributed by atoms with Gasteiger partial charge in [0, 0.05) is 25.0 Å². The number of aromatic nitrogens is 1. The first-order chi connectivity index (χ1) is 6.49. The molecule has 0 aliphatic rings. The van der Waals surface area contributed by atoms with E-state index in [1.165, 1.54) is 5.69 Å². The fourth-order valence-corrected chi connectivity index (χ4v) is 1.72. The van der Waals surface area contributed by atoms with Crippen LogP contribution in [0.25, 0.3) is 0 Å². The molecule has 78 valence electrons.